The second-order valence-electron chi connectivity index (χ2n) is 6.98. The summed E-state index contributed by atoms with van der Waals surface area (Å²) >= 11 is 3.46. The molecule has 0 spiro atoms. The highest BCUT2D eigenvalue weighted by Gasteiger charge is 2.26. The van der Waals surface area contributed by atoms with Crippen LogP contribution in [0.5, 0.6) is 0 Å². The van der Waals surface area contributed by atoms with Crippen LogP contribution in [0.3, 0.4) is 0 Å². The minimum atomic E-state index is -0.405. The summed E-state index contributed by atoms with van der Waals surface area (Å²) in [6.07, 6.45) is 1.99. The van der Waals surface area contributed by atoms with Crippen molar-refractivity contribution in [3.63, 3.8) is 0 Å². The van der Waals surface area contributed by atoms with E-state index in [1.165, 1.54) is 0 Å². The highest BCUT2D eigenvalue weighted by atomic mass is 79.9. The topological polar surface area (TPSA) is 34.0 Å². The van der Waals surface area contributed by atoms with Crippen LogP contribution in [0, 0.1) is 0 Å². The third kappa shape index (κ3) is 3.54. The lowest BCUT2D eigenvalue weighted by Crippen LogP contribution is -2.44. The third-order valence-electron chi connectivity index (χ3n) is 3.84. The first-order valence-corrected chi connectivity index (χ1v) is 8.77. The van der Waals surface area contributed by atoms with Crippen molar-refractivity contribution in [2.45, 2.75) is 32.4 Å². The standard InChI is InChI=1S/C20H21BrN2O/c1-20(2,3)22-19(24)18(15-8-10-16(21)11-9-15)23-13-12-14-6-4-5-7-17(14)23/h4-13,18H,1-3H3,(H,22,24). The number of hydrogen-bond donors (Lipinski definition) is 1. The molecule has 0 aliphatic rings. The Labute approximate surface area is 150 Å². The van der Waals surface area contributed by atoms with Gasteiger partial charge >= 0.3 is 0 Å². The van der Waals surface area contributed by atoms with Gasteiger partial charge in [-0.1, -0.05) is 46.3 Å². The van der Waals surface area contributed by atoms with E-state index in [-0.39, 0.29) is 11.4 Å². The van der Waals surface area contributed by atoms with Crippen molar-refractivity contribution in [1.29, 1.82) is 0 Å². The van der Waals surface area contributed by atoms with Gasteiger partial charge in [-0.2, -0.15) is 0 Å². The van der Waals surface area contributed by atoms with Crippen molar-refractivity contribution in [3.05, 3.63) is 70.8 Å². The molecule has 0 bridgehead atoms. The Bertz CT molecular complexity index is 859. The first-order valence-electron chi connectivity index (χ1n) is 7.98. The fourth-order valence-corrected chi connectivity index (χ4v) is 3.12. The minimum absolute atomic E-state index is 0.00817. The van der Waals surface area contributed by atoms with Gasteiger partial charge < -0.3 is 9.88 Å². The Balaban J connectivity index is 2.11. The quantitative estimate of drug-likeness (QED) is 0.683. The third-order valence-corrected chi connectivity index (χ3v) is 4.37. The molecular formula is C20H21BrN2O. The number of nitrogens with one attached hydrogen (secondary N) is 1. The van der Waals surface area contributed by atoms with Crippen LogP contribution in [0.2, 0.25) is 0 Å². The highest BCUT2D eigenvalue weighted by molar-refractivity contribution is 9.10. The Morgan fingerprint density at radius 1 is 1.04 bits per heavy atom. The van der Waals surface area contributed by atoms with Gasteiger partial charge in [-0.3, -0.25) is 4.79 Å². The number of amides is 1. The average molecular weight is 385 g/mol. The lowest BCUT2D eigenvalue weighted by Gasteiger charge is -2.26. The van der Waals surface area contributed by atoms with Gasteiger partial charge in [0, 0.05) is 21.7 Å². The number of nitrogens with zero attached hydrogens (tertiary/aromatic N) is 1. The van der Waals surface area contributed by atoms with Gasteiger partial charge in [0.25, 0.3) is 0 Å². The van der Waals surface area contributed by atoms with Gasteiger partial charge in [0.05, 0.1) is 0 Å². The molecule has 1 N–H and O–H groups in total. The normalized spacial score (nSPS) is 13.0. The van der Waals surface area contributed by atoms with Crippen LogP contribution >= 0.6 is 15.9 Å². The van der Waals surface area contributed by atoms with Crippen molar-refractivity contribution >= 4 is 32.7 Å². The van der Waals surface area contributed by atoms with Crippen LogP contribution < -0.4 is 5.32 Å². The molecule has 4 heteroatoms. The number of benzene rings is 2. The average Bonchev–Trinajstić information content (AvgIpc) is 2.92. The molecule has 3 nitrogen and oxygen atoms in total. The number of aromatic nitrogens is 1. The van der Waals surface area contributed by atoms with Gasteiger partial charge in [-0.25, -0.2) is 0 Å². The summed E-state index contributed by atoms with van der Waals surface area (Å²) in [6, 6.07) is 17.7. The molecule has 1 amide bonds. The Hall–Kier alpha value is -2.07. The van der Waals surface area contributed by atoms with E-state index < -0.39 is 6.04 Å². The molecule has 0 aliphatic carbocycles. The zero-order valence-electron chi connectivity index (χ0n) is 14.1. The van der Waals surface area contributed by atoms with E-state index >= 15 is 0 Å². The Morgan fingerprint density at radius 3 is 2.38 bits per heavy atom. The second-order valence-corrected chi connectivity index (χ2v) is 7.89. The van der Waals surface area contributed by atoms with Crippen LogP contribution in [-0.4, -0.2) is 16.0 Å². The molecule has 2 aromatic carbocycles. The first kappa shape index (κ1) is 16.8. The van der Waals surface area contributed by atoms with Crippen LogP contribution in [0.4, 0.5) is 0 Å². The van der Waals surface area contributed by atoms with Crippen molar-refractivity contribution in [3.8, 4) is 0 Å². The summed E-state index contributed by atoms with van der Waals surface area (Å²) in [6.45, 7) is 5.99. The van der Waals surface area contributed by atoms with Gasteiger partial charge in [-0.05, 0) is 56.0 Å². The molecule has 24 heavy (non-hydrogen) atoms. The van der Waals surface area contributed by atoms with Crippen LogP contribution in [0.25, 0.3) is 10.9 Å². The molecule has 3 rings (SSSR count). The molecule has 1 heterocycles. The van der Waals surface area contributed by atoms with Crippen molar-refractivity contribution in [2.24, 2.45) is 0 Å². The van der Waals surface area contributed by atoms with E-state index in [1.54, 1.807) is 0 Å². The van der Waals surface area contributed by atoms with Crippen molar-refractivity contribution in [1.82, 2.24) is 9.88 Å². The fraction of sp³-hybridized carbons (Fsp3) is 0.250. The highest BCUT2D eigenvalue weighted by Crippen LogP contribution is 2.27. The molecule has 0 fully saturated rings. The van der Waals surface area contributed by atoms with Crippen LogP contribution in [0.1, 0.15) is 32.4 Å². The molecule has 124 valence electrons. The molecule has 0 aliphatic heterocycles. The summed E-state index contributed by atoms with van der Waals surface area (Å²) in [5.74, 6) is -0.00817. The van der Waals surface area contributed by atoms with Gasteiger partial charge in [0.15, 0.2) is 0 Å². The maximum atomic E-state index is 13.0. The lowest BCUT2D eigenvalue weighted by molar-refractivity contribution is -0.124. The van der Waals surface area contributed by atoms with Crippen molar-refractivity contribution in [2.75, 3.05) is 0 Å². The number of para-hydroxylation sites is 1. The molecule has 0 saturated heterocycles. The molecule has 3 aromatic rings. The number of carbonyl (C=O) groups is 1. The summed E-state index contributed by atoms with van der Waals surface area (Å²) in [5.41, 5.74) is 1.73. The number of carbonyl (C=O) groups excluding carboxylic acids is 1. The van der Waals surface area contributed by atoms with E-state index in [0.29, 0.717) is 0 Å². The van der Waals surface area contributed by atoms with Crippen LogP contribution in [0.15, 0.2) is 65.3 Å². The zero-order valence-corrected chi connectivity index (χ0v) is 15.7. The van der Waals surface area contributed by atoms with Gasteiger partial charge in [-0.15, -0.1) is 0 Å². The minimum Gasteiger partial charge on any atom is -0.349 e. The van der Waals surface area contributed by atoms with Crippen LogP contribution in [-0.2, 0) is 4.79 Å². The second kappa shape index (κ2) is 6.44. The monoisotopic (exact) mass is 384 g/mol. The lowest BCUT2D eigenvalue weighted by atomic mass is 10.0. The largest absolute Gasteiger partial charge is 0.349 e. The molecule has 1 aromatic heterocycles. The predicted octanol–water partition coefficient (Wildman–Crippen LogP) is 4.91. The van der Waals surface area contributed by atoms with Gasteiger partial charge in [0.2, 0.25) is 5.91 Å². The van der Waals surface area contributed by atoms with E-state index in [0.717, 1.165) is 20.9 Å². The Morgan fingerprint density at radius 2 is 1.71 bits per heavy atom. The van der Waals surface area contributed by atoms with E-state index in [2.05, 4.69) is 27.3 Å². The molecular weight excluding hydrogens is 364 g/mol. The maximum Gasteiger partial charge on any atom is 0.248 e. The summed E-state index contributed by atoms with van der Waals surface area (Å²) in [4.78, 5) is 13.0. The number of hydrogen-bond acceptors (Lipinski definition) is 1. The summed E-state index contributed by atoms with van der Waals surface area (Å²) in [7, 11) is 0. The Kier molecular flexibility index (Phi) is 4.50. The smallest absolute Gasteiger partial charge is 0.248 e. The van der Waals surface area contributed by atoms with Crippen molar-refractivity contribution < 1.29 is 4.79 Å². The summed E-state index contributed by atoms with van der Waals surface area (Å²) < 4.78 is 3.04. The predicted molar refractivity (Wildman–Crippen MR) is 102 cm³/mol. The zero-order chi connectivity index (χ0) is 17.3. The summed E-state index contributed by atoms with van der Waals surface area (Å²) in [5, 5.41) is 4.24. The molecule has 0 saturated carbocycles. The molecule has 0 radical (unpaired) electrons. The number of halogens is 1. The number of fused-ring (bicyclic) bond motifs is 1. The number of rotatable bonds is 3. The molecule has 1 atom stereocenters. The van der Waals surface area contributed by atoms with E-state index in [4.69, 9.17) is 0 Å². The molecule has 1 unspecified atom stereocenters. The van der Waals surface area contributed by atoms with E-state index in [9.17, 15) is 4.79 Å². The fourth-order valence-electron chi connectivity index (χ4n) is 2.85. The maximum absolute atomic E-state index is 13.0. The van der Waals surface area contributed by atoms with Gasteiger partial charge in [0.1, 0.15) is 6.04 Å². The van der Waals surface area contributed by atoms with E-state index in [1.807, 2.05) is 80.1 Å². The SMILES string of the molecule is CC(C)(C)NC(=O)C(c1ccc(Br)cc1)n1ccc2ccccc21. The first-order chi connectivity index (χ1) is 11.3.